The molecule has 4 aromatic rings. The van der Waals surface area contributed by atoms with Crippen LogP contribution in [0.5, 0.6) is 0 Å². The lowest BCUT2D eigenvalue weighted by atomic mass is 10.1. The molecule has 190 valence electrons. The summed E-state index contributed by atoms with van der Waals surface area (Å²) >= 11 is 0.980. The van der Waals surface area contributed by atoms with Crippen molar-refractivity contribution < 1.29 is 19.1 Å². The van der Waals surface area contributed by atoms with E-state index >= 15 is 0 Å². The number of hydrogen-bond donors (Lipinski definition) is 2. The van der Waals surface area contributed by atoms with Crippen molar-refractivity contribution in [3.05, 3.63) is 98.4 Å². The van der Waals surface area contributed by atoms with Gasteiger partial charge in [0.05, 0.1) is 12.7 Å². The zero-order valence-electron chi connectivity index (χ0n) is 20.4. The number of rotatable bonds is 9. The first-order valence-electron chi connectivity index (χ1n) is 11.8. The third-order valence-electron chi connectivity index (χ3n) is 5.61. The lowest BCUT2D eigenvalue weighted by Gasteiger charge is -2.09. The van der Waals surface area contributed by atoms with Gasteiger partial charge >= 0.3 is 5.97 Å². The van der Waals surface area contributed by atoms with Gasteiger partial charge in [-0.15, -0.1) is 0 Å². The molecule has 2 N–H and O–H groups in total. The number of carbonyl (C=O) groups is 3. The highest BCUT2D eigenvalue weighted by Crippen LogP contribution is 2.23. The highest BCUT2D eigenvalue weighted by molar-refractivity contribution is 7.19. The maximum absolute atomic E-state index is 13.3. The first-order chi connectivity index (χ1) is 17.9. The Bertz CT molecular complexity index is 1490. The van der Waals surface area contributed by atoms with Gasteiger partial charge in [0.15, 0.2) is 4.96 Å². The van der Waals surface area contributed by atoms with Gasteiger partial charge in [0, 0.05) is 24.0 Å². The van der Waals surface area contributed by atoms with E-state index in [-0.39, 0.29) is 15.5 Å². The Balaban J connectivity index is 1.65. The fourth-order valence-corrected chi connectivity index (χ4v) is 4.85. The number of fused-ring (bicyclic) bond motifs is 1. The number of nitrogens with one attached hydrogen (secondary N) is 2. The molecule has 2 heterocycles. The minimum Gasteiger partial charge on any atom is -0.465 e. The van der Waals surface area contributed by atoms with Gasteiger partial charge in [-0.3, -0.25) is 14.4 Å². The molecule has 0 atom stereocenters. The van der Waals surface area contributed by atoms with Crippen LogP contribution in [0.15, 0.2) is 65.5 Å². The molecule has 0 aliphatic rings. The van der Waals surface area contributed by atoms with E-state index in [1.165, 1.54) is 29.7 Å². The van der Waals surface area contributed by atoms with Gasteiger partial charge in [0.25, 0.3) is 17.4 Å². The van der Waals surface area contributed by atoms with Crippen LogP contribution in [-0.2, 0) is 17.6 Å². The van der Waals surface area contributed by atoms with Crippen LogP contribution in [-0.4, -0.2) is 40.8 Å². The largest absolute Gasteiger partial charge is 0.465 e. The number of carbonyl (C=O) groups excluding carboxylic acids is 3. The Morgan fingerprint density at radius 3 is 2.41 bits per heavy atom. The molecule has 10 heteroatoms. The van der Waals surface area contributed by atoms with Gasteiger partial charge in [-0.05, 0) is 42.7 Å². The Kier molecular flexibility index (Phi) is 8.09. The van der Waals surface area contributed by atoms with Crippen LogP contribution in [0.4, 0.5) is 5.69 Å². The number of anilines is 1. The Morgan fingerprint density at radius 2 is 1.73 bits per heavy atom. The number of hydrogen-bond acceptors (Lipinski definition) is 7. The van der Waals surface area contributed by atoms with Crippen LogP contribution >= 0.6 is 11.3 Å². The smallest absolute Gasteiger partial charge is 0.337 e. The minimum absolute atomic E-state index is 0.0581. The summed E-state index contributed by atoms with van der Waals surface area (Å²) < 4.78 is 5.88. The molecule has 2 aromatic carbocycles. The standard InChI is InChI=1S/C27H26N4O5S/c1-3-7-20-16-21(32)31-22(24(33)28-15-14-17-8-5-4-6-9-17)23(37-27(31)30-20)25(34)29-19-12-10-18(11-13-19)26(35)36-2/h4-6,8-13,16H,3,7,14-15H2,1-2H3,(H,28,33)(H,29,34). The average Bonchev–Trinajstić information content (AvgIpc) is 3.30. The quantitative estimate of drug-likeness (QED) is 0.326. The predicted octanol–water partition coefficient (Wildman–Crippen LogP) is 3.72. The Labute approximate surface area is 217 Å². The third kappa shape index (κ3) is 5.92. The second kappa shape index (κ2) is 11.6. The maximum Gasteiger partial charge on any atom is 0.337 e. The molecule has 2 aromatic heterocycles. The number of aryl methyl sites for hydroxylation is 1. The molecule has 37 heavy (non-hydrogen) atoms. The lowest BCUT2D eigenvalue weighted by molar-refractivity contribution is 0.0600. The molecule has 2 amide bonds. The fourth-order valence-electron chi connectivity index (χ4n) is 3.81. The van der Waals surface area contributed by atoms with Gasteiger partial charge in [-0.1, -0.05) is 55.0 Å². The molecule has 9 nitrogen and oxygen atoms in total. The minimum atomic E-state index is -0.564. The normalized spacial score (nSPS) is 10.8. The molecule has 0 aliphatic heterocycles. The second-order valence-corrected chi connectivity index (χ2v) is 9.23. The predicted molar refractivity (Wildman–Crippen MR) is 142 cm³/mol. The summed E-state index contributed by atoms with van der Waals surface area (Å²) in [7, 11) is 1.29. The number of aromatic nitrogens is 2. The van der Waals surface area contributed by atoms with Gasteiger partial charge in [-0.2, -0.15) is 0 Å². The van der Waals surface area contributed by atoms with Crippen molar-refractivity contribution in [1.29, 1.82) is 0 Å². The topological polar surface area (TPSA) is 119 Å². The third-order valence-corrected chi connectivity index (χ3v) is 6.65. The van der Waals surface area contributed by atoms with E-state index in [4.69, 9.17) is 4.74 Å². The number of nitrogens with zero attached hydrogens (tertiary/aromatic N) is 2. The molecule has 0 saturated heterocycles. The Hall–Kier alpha value is -4.31. The second-order valence-electron chi connectivity index (χ2n) is 8.25. The van der Waals surface area contributed by atoms with Crippen molar-refractivity contribution in [2.24, 2.45) is 0 Å². The summed E-state index contributed by atoms with van der Waals surface area (Å²) in [6, 6.07) is 17.2. The van der Waals surface area contributed by atoms with E-state index in [1.54, 1.807) is 12.1 Å². The highest BCUT2D eigenvalue weighted by atomic mass is 32.1. The summed E-state index contributed by atoms with van der Waals surface area (Å²) in [5.41, 5.74) is 1.93. The van der Waals surface area contributed by atoms with Crippen LogP contribution in [0, 0.1) is 0 Å². The highest BCUT2D eigenvalue weighted by Gasteiger charge is 2.26. The van der Waals surface area contributed by atoms with E-state index < -0.39 is 23.3 Å². The van der Waals surface area contributed by atoms with Crippen molar-refractivity contribution in [3.8, 4) is 0 Å². The zero-order chi connectivity index (χ0) is 26.4. The zero-order valence-corrected chi connectivity index (χ0v) is 21.3. The first kappa shape index (κ1) is 25.8. The van der Waals surface area contributed by atoms with Gasteiger partial charge < -0.3 is 15.4 Å². The number of ether oxygens (including phenoxy) is 1. The number of esters is 1. The molecular weight excluding hydrogens is 492 g/mol. The van der Waals surface area contributed by atoms with E-state index in [1.807, 2.05) is 37.3 Å². The number of amides is 2. The summed E-state index contributed by atoms with van der Waals surface area (Å²) in [6.07, 6.45) is 2.00. The van der Waals surface area contributed by atoms with Crippen LogP contribution in [0.2, 0.25) is 0 Å². The summed E-state index contributed by atoms with van der Waals surface area (Å²) in [4.78, 5) is 56.1. The van der Waals surface area contributed by atoms with Crippen LogP contribution in [0.3, 0.4) is 0 Å². The van der Waals surface area contributed by atoms with Gasteiger partial charge in [0.2, 0.25) is 0 Å². The summed E-state index contributed by atoms with van der Waals surface area (Å²) in [5.74, 6) is -1.60. The monoisotopic (exact) mass is 518 g/mol. The number of thiazole rings is 1. The Morgan fingerprint density at radius 1 is 1.00 bits per heavy atom. The molecule has 0 saturated carbocycles. The maximum atomic E-state index is 13.3. The molecule has 0 unspecified atom stereocenters. The number of methoxy groups -OCH3 is 1. The van der Waals surface area contributed by atoms with Crippen molar-refractivity contribution in [1.82, 2.24) is 14.7 Å². The van der Waals surface area contributed by atoms with E-state index in [0.717, 1.165) is 23.3 Å². The molecule has 0 aliphatic carbocycles. The van der Waals surface area contributed by atoms with Crippen LogP contribution in [0.1, 0.15) is 55.1 Å². The summed E-state index contributed by atoms with van der Waals surface area (Å²) in [6.45, 7) is 2.31. The molecule has 4 rings (SSSR count). The first-order valence-corrected chi connectivity index (χ1v) is 12.6. The van der Waals surface area contributed by atoms with Crippen molar-refractivity contribution in [2.45, 2.75) is 26.2 Å². The summed E-state index contributed by atoms with van der Waals surface area (Å²) in [5, 5.41) is 5.56. The van der Waals surface area contributed by atoms with Crippen molar-refractivity contribution in [2.75, 3.05) is 19.0 Å². The van der Waals surface area contributed by atoms with Crippen molar-refractivity contribution >= 4 is 39.8 Å². The van der Waals surface area contributed by atoms with E-state index in [2.05, 4.69) is 15.6 Å². The molecule has 0 spiro atoms. The molecule has 0 radical (unpaired) electrons. The van der Waals surface area contributed by atoms with Gasteiger partial charge in [-0.25, -0.2) is 14.2 Å². The van der Waals surface area contributed by atoms with Crippen molar-refractivity contribution in [3.63, 3.8) is 0 Å². The van der Waals surface area contributed by atoms with Gasteiger partial charge in [0.1, 0.15) is 10.6 Å². The van der Waals surface area contributed by atoms with E-state index in [0.29, 0.717) is 36.3 Å². The average molecular weight is 519 g/mol. The van der Waals surface area contributed by atoms with Crippen LogP contribution in [0.25, 0.3) is 4.96 Å². The molecule has 0 bridgehead atoms. The van der Waals surface area contributed by atoms with Crippen LogP contribution < -0.4 is 16.2 Å². The van der Waals surface area contributed by atoms with E-state index in [9.17, 15) is 19.2 Å². The molecular formula is C27H26N4O5S. The lowest BCUT2D eigenvalue weighted by Crippen LogP contribution is -2.31. The fraction of sp³-hybridized carbons (Fsp3) is 0.222. The molecule has 0 fully saturated rings. The number of benzene rings is 2. The SMILES string of the molecule is CCCc1cc(=O)n2c(C(=O)NCCc3ccccc3)c(C(=O)Nc3ccc(C(=O)OC)cc3)sc2n1.